The van der Waals surface area contributed by atoms with E-state index in [2.05, 4.69) is 10.0 Å². The van der Waals surface area contributed by atoms with E-state index in [1.54, 1.807) is 12.1 Å². The Kier molecular flexibility index (Phi) is 3.96. The zero-order valence-electron chi connectivity index (χ0n) is 11.8. The molecule has 1 fully saturated rings. The second-order valence-corrected chi connectivity index (χ2v) is 6.95. The lowest BCUT2D eigenvalue weighted by Crippen LogP contribution is -2.25. The number of nitrogens with one attached hydrogen (secondary N) is 2. The quantitative estimate of drug-likeness (QED) is 0.889. The lowest BCUT2D eigenvalue weighted by molar-refractivity contribution is 0.102. The standard InChI is InChI=1S/C16H16N2O3S/c19-16(17-13-4-2-1-3-5-13)12-6-10-15(11-7-12)22(20,21)18-14-8-9-14/h1-7,10-11,14,18H,8-9H2,(H,17,19). The van der Waals surface area contributed by atoms with E-state index in [1.807, 2.05) is 18.2 Å². The van der Waals surface area contributed by atoms with Crippen molar-refractivity contribution in [2.75, 3.05) is 5.32 Å². The van der Waals surface area contributed by atoms with Gasteiger partial charge in [0, 0.05) is 17.3 Å². The van der Waals surface area contributed by atoms with Crippen molar-refractivity contribution in [3.05, 3.63) is 60.2 Å². The highest BCUT2D eigenvalue weighted by Crippen LogP contribution is 2.22. The average Bonchev–Trinajstić information content (AvgIpc) is 3.32. The first-order valence-electron chi connectivity index (χ1n) is 7.03. The van der Waals surface area contributed by atoms with Crippen LogP contribution in [0.3, 0.4) is 0 Å². The third-order valence-corrected chi connectivity index (χ3v) is 4.89. The number of carbonyl (C=O) groups is 1. The highest BCUT2D eigenvalue weighted by Gasteiger charge is 2.27. The van der Waals surface area contributed by atoms with E-state index in [-0.39, 0.29) is 16.8 Å². The van der Waals surface area contributed by atoms with E-state index in [0.29, 0.717) is 11.3 Å². The minimum Gasteiger partial charge on any atom is -0.322 e. The molecular formula is C16H16N2O3S. The van der Waals surface area contributed by atoms with Crippen LogP contribution in [0.5, 0.6) is 0 Å². The molecule has 6 heteroatoms. The first kappa shape index (κ1) is 14.7. The van der Waals surface area contributed by atoms with Gasteiger partial charge in [-0.2, -0.15) is 0 Å². The molecule has 0 aliphatic heterocycles. The van der Waals surface area contributed by atoms with E-state index < -0.39 is 10.0 Å². The second kappa shape index (κ2) is 5.90. The highest BCUT2D eigenvalue weighted by molar-refractivity contribution is 7.89. The van der Waals surface area contributed by atoms with E-state index in [1.165, 1.54) is 24.3 Å². The van der Waals surface area contributed by atoms with Crippen molar-refractivity contribution in [1.82, 2.24) is 4.72 Å². The number of carbonyl (C=O) groups excluding carboxylic acids is 1. The number of hydrogen-bond acceptors (Lipinski definition) is 3. The fourth-order valence-corrected chi connectivity index (χ4v) is 3.30. The molecular weight excluding hydrogens is 300 g/mol. The molecule has 0 radical (unpaired) electrons. The number of rotatable bonds is 5. The molecule has 3 rings (SSSR count). The molecule has 2 N–H and O–H groups in total. The maximum absolute atomic E-state index is 12.1. The van der Waals surface area contributed by atoms with Gasteiger partial charge in [-0.05, 0) is 49.2 Å². The minimum atomic E-state index is -3.48. The lowest BCUT2D eigenvalue weighted by atomic mass is 10.2. The van der Waals surface area contributed by atoms with Crippen LogP contribution < -0.4 is 10.0 Å². The lowest BCUT2D eigenvalue weighted by Gasteiger charge is -2.07. The van der Waals surface area contributed by atoms with E-state index in [0.717, 1.165) is 12.8 Å². The van der Waals surface area contributed by atoms with Crippen LogP contribution in [0, 0.1) is 0 Å². The number of anilines is 1. The maximum atomic E-state index is 12.1. The molecule has 114 valence electrons. The Morgan fingerprint density at radius 1 is 0.955 bits per heavy atom. The van der Waals surface area contributed by atoms with Crippen molar-refractivity contribution in [2.24, 2.45) is 0 Å². The summed E-state index contributed by atoms with van der Waals surface area (Å²) < 4.78 is 26.7. The maximum Gasteiger partial charge on any atom is 0.255 e. The Morgan fingerprint density at radius 3 is 2.18 bits per heavy atom. The molecule has 2 aromatic carbocycles. The third kappa shape index (κ3) is 3.52. The SMILES string of the molecule is O=C(Nc1ccccc1)c1ccc(S(=O)(=O)NC2CC2)cc1. The first-order valence-corrected chi connectivity index (χ1v) is 8.52. The molecule has 0 heterocycles. The van der Waals surface area contributed by atoms with Gasteiger partial charge in [0.05, 0.1) is 4.90 Å². The normalized spacial score (nSPS) is 14.5. The van der Waals surface area contributed by atoms with E-state index in [9.17, 15) is 13.2 Å². The van der Waals surface area contributed by atoms with Crippen LogP contribution in [0.15, 0.2) is 59.5 Å². The summed E-state index contributed by atoms with van der Waals surface area (Å²) in [6, 6.07) is 15.1. The van der Waals surface area contributed by atoms with Crippen molar-refractivity contribution in [3.8, 4) is 0 Å². The summed E-state index contributed by atoms with van der Waals surface area (Å²) >= 11 is 0. The minimum absolute atomic E-state index is 0.0612. The summed E-state index contributed by atoms with van der Waals surface area (Å²) in [5, 5.41) is 2.75. The van der Waals surface area contributed by atoms with Gasteiger partial charge in [-0.3, -0.25) is 4.79 Å². The van der Waals surface area contributed by atoms with E-state index in [4.69, 9.17) is 0 Å². The summed E-state index contributed by atoms with van der Waals surface area (Å²) in [6.45, 7) is 0. The van der Waals surface area contributed by atoms with Crippen LogP contribution >= 0.6 is 0 Å². The smallest absolute Gasteiger partial charge is 0.255 e. The van der Waals surface area contributed by atoms with Gasteiger partial charge in [0.25, 0.3) is 5.91 Å². The Morgan fingerprint density at radius 2 is 1.59 bits per heavy atom. The van der Waals surface area contributed by atoms with Crippen molar-refractivity contribution < 1.29 is 13.2 Å². The number of hydrogen-bond donors (Lipinski definition) is 2. The Labute approximate surface area is 129 Å². The fourth-order valence-electron chi connectivity index (χ4n) is 2.00. The summed E-state index contributed by atoms with van der Waals surface area (Å²) in [5.74, 6) is -0.273. The molecule has 0 unspecified atom stereocenters. The van der Waals surface area contributed by atoms with E-state index >= 15 is 0 Å². The van der Waals surface area contributed by atoms with Crippen molar-refractivity contribution in [1.29, 1.82) is 0 Å². The molecule has 0 atom stereocenters. The van der Waals surface area contributed by atoms with Gasteiger partial charge in [-0.15, -0.1) is 0 Å². The van der Waals surface area contributed by atoms with Gasteiger partial charge in [-0.25, -0.2) is 13.1 Å². The predicted octanol–water partition coefficient (Wildman–Crippen LogP) is 2.38. The van der Waals surface area contributed by atoms with Gasteiger partial charge >= 0.3 is 0 Å². The predicted molar refractivity (Wildman–Crippen MR) is 84.2 cm³/mol. The van der Waals surface area contributed by atoms with Crippen LogP contribution in [0.1, 0.15) is 23.2 Å². The number of benzene rings is 2. The number of sulfonamides is 1. The molecule has 0 aromatic heterocycles. The first-order chi connectivity index (χ1) is 10.5. The molecule has 1 aliphatic carbocycles. The zero-order chi connectivity index (χ0) is 15.6. The Balaban J connectivity index is 1.72. The van der Waals surface area contributed by atoms with Gasteiger partial charge < -0.3 is 5.32 Å². The third-order valence-electron chi connectivity index (χ3n) is 3.36. The fraction of sp³-hybridized carbons (Fsp3) is 0.188. The number of para-hydroxylation sites is 1. The van der Waals surface area contributed by atoms with Gasteiger partial charge in [0.15, 0.2) is 0 Å². The molecule has 0 saturated heterocycles. The average molecular weight is 316 g/mol. The molecule has 0 bridgehead atoms. The molecule has 5 nitrogen and oxygen atoms in total. The highest BCUT2D eigenvalue weighted by atomic mass is 32.2. The van der Waals surface area contributed by atoms with Crippen LogP contribution in [-0.2, 0) is 10.0 Å². The largest absolute Gasteiger partial charge is 0.322 e. The monoisotopic (exact) mass is 316 g/mol. The van der Waals surface area contributed by atoms with Crippen LogP contribution in [-0.4, -0.2) is 20.4 Å². The van der Waals surface area contributed by atoms with Crippen LogP contribution in [0.2, 0.25) is 0 Å². The molecule has 1 amide bonds. The Bertz CT molecular complexity index is 767. The van der Waals surface area contributed by atoms with Crippen LogP contribution in [0.25, 0.3) is 0 Å². The van der Waals surface area contributed by atoms with Gasteiger partial charge in [0.1, 0.15) is 0 Å². The van der Waals surface area contributed by atoms with Gasteiger partial charge in [0.2, 0.25) is 10.0 Å². The molecule has 2 aromatic rings. The van der Waals surface area contributed by atoms with Crippen LogP contribution in [0.4, 0.5) is 5.69 Å². The van der Waals surface area contributed by atoms with Crippen molar-refractivity contribution in [3.63, 3.8) is 0 Å². The summed E-state index contributed by atoms with van der Waals surface area (Å²) in [7, 11) is -3.48. The molecule has 0 spiro atoms. The summed E-state index contributed by atoms with van der Waals surface area (Å²) in [4.78, 5) is 12.3. The second-order valence-electron chi connectivity index (χ2n) is 5.24. The summed E-state index contributed by atoms with van der Waals surface area (Å²) in [5.41, 5.74) is 1.11. The zero-order valence-corrected chi connectivity index (χ0v) is 12.6. The van der Waals surface area contributed by atoms with Crippen molar-refractivity contribution >= 4 is 21.6 Å². The number of amides is 1. The molecule has 1 saturated carbocycles. The molecule has 1 aliphatic rings. The molecule has 22 heavy (non-hydrogen) atoms. The van der Waals surface area contributed by atoms with Gasteiger partial charge in [-0.1, -0.05) is 18.2 Å². The van der Waals surface area contributed by atoms with Crippen molar-refractivity contribution in [2.45, 2.75) is 23.8 Å². The topological polar surface area (TPSA) is 75.3 Å². The Hall–Kier alpha value is -2.18. The summed E-state index contributed by atoms with van der Waals surface area (Å²) in [6.07, 6.45) is 1.77.